The lowest BCUT2D eigenvalue weighted by Gasteiger charge is -2.36. The summed E-state index contributed by atoms with van der Waals surface area (Å²) in [6.07, 6.45) is 2.34. The number of aromatic nitrogens is 1. The van der Waals surface area contributed by atoms with E-state index in [1.807, 2.05) is 48.5 Å². The van der Waals surface area contributed by atoms with Gasteiger partial charge < -0.3 is 4.74 Å². The average molecular weight is 354 g/mol. The molecule has 0 radical (unpaired) electrons. The molecule has 0 aliphatic carbocycles. The molecule has 1 atom stereocenters. The lowest BCUT2D eigenvalue weighted by molar-refractivity contribution is -0.146. The molecule has 0 aliphatic heterocycles. The fourth-order valence-electron chi connectivity index (χ4n) is 3.67. The van der Waals surface area contributed by atoms with Gasteiger partial charge in [0.25, 0.3) is 0 Å². The van der Waals surface area contributed by atoms with Gasteiger partial charge in [0.15, 0.2) is 0 Å². The molecular formula is C22H30N2O2. The van der Waals surface area contributed by atoms with E-state index in [1.165, 1.54) is 7.11 Å². The van der Waals surface area contributed by atoms with Gasteiger partial charge in [-0.25, -0.2) is 0 Å². The molecule has 140 valence electrons. The Kier molecular flexibility index (Phi) is 6.92. The van der Waals surface area contributed by atoms with Gasteiger partial charge in [-0.1, -0.05) is 36.4 Å². The molecule has 4 nitrogen and oxygen atoms in total. The van der Waals surface area contributed by atoms with Crippen molar-refractivity contribution in [2.75, 3.05) is 13.7 Å². The van der Waals surface area contributed by atoms with E-state index in [9.17, 15) is 4.79 Å². The third-order valence-corrected chi connectivity index (χ3v) is 4.97. The van der Waals surface area contributed by atoms with Crippen molar-refractivity contribution in [2.45, 2.75) is 51.6 Å². The molecule has 1 aromatic heterocycles. The second-order valence-electron chi connectivity index (χ2n) is 7.15. The monoisotopic (exact) mass is 354 g/mol. The summed E-state index contributed by atoms with van der Waals surface area (Å²) in [4.78, 5) is 20.0. The summed E-state index contributed by atoms with van der Waals surface area (Å²) >= 11 is 0. The first-order valence-corrected chi connectivity index (χ1v) is 9.24. The maximum atomic E-state index is 13.1. The maximum absolute atomic E-state index is 13.1. The van der Waals surface area contributed by atoms with Crippen LogP contribution in [0.4, 0.5) is 0 Å². The molecule has 2 rings (SSSR count). The van der Waals surface area contributed by atoms with E-state index in [4.69, 9.17) is 4.74 Å². The third-order valence-electron chi connectivity index (χ3n) is 4.97. The first-order valence-electron chi connectivity index (χ1n) is 9.24. The highest BCUT2D eigenvalue weighted by Crippen LogP contribution is 2.36. The van der Waals surface area contributed by atoms with E-state index in [0.717, 1.165) is 17.8 Å². The fraction of sp³-hybridized carbons (Fsp3) is 0.455. The van der Waals surface area contributed by atoms with Gasteiger partial charge in [-0.2, -0.15) is 0 Å². The zero-order valence-electron chi connectivity index (χ0n) is 16.5. The topological polar surface area (TPSA) is 42.4 Å². The minimum atomic E-state index is -0.917. The molecule has 1 heterocycles. The number of hydrogen-bond donors (Lipinski definition) is 0. The Morgan fingerprint density at radius 2 is 1.65 bits per heavy atom. The molecule has 0 spiro atoms. The van der Waals surface area contributed by atoms with Crippen molar-refractivity contribution >= 4 is 5.97 Å². The van der Waals surface area contributed by atoms with Crippen molar-refractivity contribution < 1.29 is 9.53 Å². The largest absolute Gasteiger partial charge is 0.468 e. The second kappa shape index (κ2) is 8.95. The lowest BCUT2D eigenvalue weighted by Crippen LogP contribution is -2.45. The Bertz CT molecular complexity index is 636. The summed E-state index contributed by atoms with van der Waals surface area (Å²) in [5.74, 6) is -0.269. The van der Waals surface area contributed by atoms with Crippen LogP contribution in [0.1, 0.15) is 45.4 Å². The molecule has 0 aliphatic rings. The van der Waals surface area contributed by atoms with Crippen LogP contribution in [0.15, 0.2) is 54.7 Å². The van der Waals surface area contributed by atoms with Crippen molar-refractivity contribution in [2.24, 2.45) is 0 Å². The van der Waals surface area contributed by atoms with Gasteiger partial charge in [0.2, 0.25) is 0 Å². The first kappa shape index (κ1) is 20.1. The summed E-state index contributed by atoms with van der Waals surface area (Å²) in [6, 6.07) is 16.3. The molecule has 0 fully saturated rings. The molecule has 0 amide bonds. The summed E-state index contributed by atoms with van der Waals surface area (Å²) < 4.78 is 5.28. The molecule has 2 aromatic rings. The van der Waals surface area contributed by atoms with Gasteiger partial charge >= 0.3 is 5.97 Å². The van der Waals surface area contributed by atoms with Gasteiger partial charge in [-0.05, 0) is 51.8 Å². The number of pyridine rings is 1. The molecule has 26 heavy (non-hydrogen) atoms. The van der Waals surface area contributed by atoms with Crippen LogP contribution >= 0.6 is 0 Å². The Labute approximate surface area is 157 Å². The zero-order chi connectivity index (χ0) is 19.2. The van der Waals surface area contributed by atoms with Crippen LogP contribution in [0, 0.1) is 0 Å². The van der Waals surface area contributed by atoms with E-state index in [-0.39, 0.29) is 5.97 Å². The van der Waals surface area contributed by atoms with Crippen molar-refractivity contribution in [1.29, 1.82) is 0 Å². The number of hydrogen-bond acceptors (Lipinski definition) is 4. The van der Waals surface area contributed by atoms with Gasteiger partial charge in [-0.15, -0.1) is 0 Å². The van der Waals surface area contributed by atoms with Gasteiger partial charge in [-0.3, -0.25) is 14.7 Å². The molecule has 0 bridgehead atoms. The maximum Gasteiger partial charge on any atom is 0.322 e. The quantitative estimate of drug-likeness (QED) is 0.671. The number of esters is 1. The molecule has 0 N–H and O–H groups in total. The Morgan fingerprint density at radius 3 is 2.15 bits per heavy atom. The van der Waals surface area contributed by atoms with Crippen molar-refractivity contribution in [1.82, 2.24) is 9.88 Å². The summed E-state index contributed by atoms with van der Waals surface area (Å²) in [5.41, 5.74) is 0.725. The van der Waals surface area contributed by atoms with Crippen LogP contribution in [-0.4, -0.2) is 41.6 Å². The number of methoxy groups -OCH3 is 1. The van der Waals surface area contributed by atoms with E-state index in [2.05, 4.69) is 37.6 Å². The number of ether oxygens (including phenoxy) is 1. The van der Waals surface area contributed by atoms with Crippen LogP contribution in [0.25, 0.3) is 0 Å². The highest BCUT2D eigenvalue weighted by molar-refractivity contribution is 5.87. The van der Waals surface area contributed by atoms with E-state index < -0.39 is 5.41 Å². The van der Waals surface area contributed by atoms with Crippen molar-refractivity contribution in [3.05, 3.63) is 66.0 Å². The standard InChI is InChI=1S/C22H30N2O2/c1-17(2)24(18(3)4)16-14-22(21(25)26-5,19-11-7-6-8-12-19)20-13-9-10-15-23-20/h6-13,15,17-18H,14,16H2,1-5H3. The van der Waals surface area contributed by atoms with E-state index in [1.54, 1.807) is 6.20 Å². The predicted octanol–water partition coefficient (Wildman–Crippen LogP) is 4.05. The number of carbonyl (C=O) groups excluding carboxylic acids is 1. The highest BCUT2D eigenvalue weighted by atomic mass is 16.5. The fourth-order valence-corrected chi connectivity index (χ4v) is 3.67. The molecule has 1 unspecified atom stereocenters. The van der Waals surface area contributed by atoms with Gasteiger partial charge in [0, 0.05) is 24.8 Å². The lowest BCUT2D eigenvalue weighted by atomic mass is 9.74. The van der Waals surface area contributed by atoms with Gasteiger partial charge in [0.05, 0.1) is 12.8 Å². The number of nitrogens with zero attached hydrogens (tertiary/aromatic N) is 2. The van der Waals surface area contributed by atoms with Gasteiger partial charge in [0.1, 0.15) is 5.41 Å². The first-order chi connectivity index (χ1) is 12.4. The Hall–Kier alpha value is -2.20. The summed E-state index contributed by atoms with van der Waals surface area (Å²) in [7, 11) is 1.45. The predicted molar refractivity (Wildman–Crippen MR) is 105 cm³/mol. The summed E-state index contributed by atoms with van der Waals surface area (Å²) in [5, 5.41) is 0. The molecule has 0 saturated carbocycles. The van der Waals surface area contributed by atoms with Crippen LogP contribution in [0.5, 0.6) is 0 Å². The highest BCUT2D eigenvalue weighted by Gasteiger charge is 2.44. The van der Waals surface area contributed by atoms with Crippen molar-refractivity contribution in [3.8, 4) is 0 Å². The van der Waals surface area contributed by atoms with Crippen LogP contribution in [-0.2, 0) is 14.9 Å². The Morgan fingerprint density at radius 1 is 1.04 bits per heavy atom. The molecule has 0 saturated heterocycles. The molecular weight excluding hydrogens is 324 g/mol. The van der Waals surface area contributed by atoms with Crippen LogP contribution in [0.3, 0.4) is 0 Å². The normalized spacial score (nSPS) is 13.8. The second-order valence-corrected chi connectivity index (χ2v) is 7.15. The number of carbonyl (C=O) groups is 1. The smallest absolute Gasteiger partial charge is 0.322 e. The molecule has 4 heteroatoms. The number of benzene rings is 1. The SMILES string of the molecule is COC(=O)C(CCN(C(C)C)C(C)C)(c1ccccc1)c1ccccn1. The number of rotatable bonds is 8. The minimum Gasteiger partial charge on any atom is -0.468 e. The van der Waals surface area contributed by atoms with E-state index in [0.29, 0.717) is 18.5 Å². The minimum absolute atomic E-state index is 0.269. The van der Waals surface area contributed by atoms with Crippen molar-refractivity contribution in [3.63, 3.8) is 0 Å². The molecule has 1 aromatic carbocycles. The van der Waals surface area contributed by atoms with E-state index >= 15 is 0 Å². The Balaban J connectivity index is 2.55. The summed E-state index contributed by atoms with van der Waals surface area (Å²) in [6.45, 7) is 9.51. The average Bonchev–Trinajstić information content (AvgIpc) is 2.65. The third kappa shape index (κ3) is 4.13. The van der Waals surface area contributed by atoms with Crippen LogP contribution in [0.2, 0.25) is 0 Å². The van der Waals surface area contributed by atoms with Crippen LogP contribution < -0.4 is 0 Å². The zero-order valence-corrected chi connectivity index (χ0v) is 16.5.